The van der Waals surface area contributed by atoms with E-state index in [1.165, 1.54) is 12.5 Å². The van der Waals surface area contributed by atoms with Crippen molar-refractivity contribution < 1.29 is 4.74 Å². The topological polar surface area (TPSA) is 56.8 Å². The molecule has 1 aliphatic heterocycles. The van der Waals surface area contributed by atoms with Crippen LogP contribution in [0, 0.1) is 22.7 Å². The third-order valence-corrected chi connectivity index (χ3v) is 1.61. The molecule has 1 heterocycles. The zero-order valence-corrected chi connectivity index (χ0v) is 5.68. The lowest BCUT2D eigenvalue weighted by molar-refractivity contribution is 0.400. The van der Waals surface area contributed by atoms with E-state index in [0.29, 0.717) is 9.81 Å². The van der Waals surface area contributed by atoms with Gasteiger partial charge in [-0.1, -0.05) is 11.8 Å². The Kier molecular flexibility index (Phi) is 1.99. The Balaban J connectivity index is 2.71. The Hall–Kier alpha value is -1.39. The van der Waals surface area contributed by atoms with E-state index in [1.54, 1.807) is 0 Å². The van der Waals surface area contributed by atoms with Crippen LogP contribution in [0.3, 0.4) is 0 Å². The van der Waals surface area contributed by atoms with Crippen molar-refractivity contribution in [3.63, 3.8) is 0 Å². The first-order chi connectivity index (χ1) is 4.86. The monoisotopic (exact) mass is 150 g/mol. The summed E-state index contributed by atoms with van der Waals surface area (Å²) in [4.78, 5) is 0.804. The second-order valence-corrected chi connectivity index (χ2v) is 2.51. The Bertz CT molecular complexity index is 251. The maximum Gasteiger partial charge on any atom is 0.126 e. The molecule has 0 aromatic heterocycles. The largest absolute Gasteiger partial charge is 0.469 e. The number of thioether (sulfide) groups is 1. The third kappa shape index (κ3) is 1.31. The molecular weight excluding hydrogens is 148 g/mol. The number of hydrogen-bond acceptors (Lipinski definition) is 4. The van der Waals surface area contributed by atoms with Crippen LogP contribution in [0.2, 0.25) is 0 Å². The molecule has 0 aromatic rings. The summed E-state index contributed by atoms with van der Waals surface area (Å²) in [5, 5.41) is 16.7. The maximum absolute atomic E-state index is 8.35. The van der Waals surface area contributed by atoms with Gasteiger partial charge in [0.25, 0.3) is 0 Å². The SMILES string of the molecule is N#CC1=COC=C(C#N)S1. The number of hydrogen-bond donors (Lipinski definition) is 0. The van der Waals surface area contributed by atoms with E-state index in [-0.39, 0.29) is 0 Å². The quantitative estimate of drug-likeness (QED) is 0.524. The summed E-state index contributed by atoms with van der Waals surface area (Å²) in [6.45, 7) is 0. The predicted molar refractivity (Wildman–Crippen MR) is 36.1 cm³/mol. The molecule has 0 saturated carbocycles. The van der Waals surface area contributed by atoms with Gasteiger partial charge in [0.05, 0.1) is 0 Å². The minimum Gasteiger partial charge on any atom is -0.469 e. The zero-order valence-electron chi connectivity index (χ0n) is 4.87. The minimum atomic E-state index is 0.402. The highest BCUT2D eigenvalue weighted by atomic mass is 32.2. The van der Waals surface area contributed by atoms with Crippen molar-refractivity contribution in [3.8, 4) is 12.1 Å². The molecule has 0 radical (unpaired) electrons. The van der Waals surface area contributed by atoms with Crippen LogP contribution < -0.4 is 0 Å². The van der Waals surface area contributed by atoms with Crippen LogP contribution >= 0.6 is 11.8 Å². The number of allylic oxidation sites excluding steroid dienone is 2. The van der Waals surface area contributed by atoms with Gasteiger partial charge in [0.1, 0.15) is 34.5 Å². The van der Waals surface area contributed by atoms with Crippen molar-refractivity contribution in [2.75, 3.05) is 0 Å². The van der Waals surface area contributed by atoms with Crippen LogP contribution in [0.5, 0.6) is 0 Å². The van der Waals surface area contributed by atoms with Crippen LogP contribution in [0.15, 0.2) is 22.3 Å². The number of ether oxygens (including phenoxy) is 1. The van der Waals surface area contributed by atoms with E-state index >= 15 is 0 Å². The van der Waals surface area contributed by atoms with Crippen LogP contribution in [-0.2, 0) is 4.74 Å². The summed E-state index contributed by atoms with van der Waals surface area (Å²) in [7, 11) is 0. The molecule has 10 heavy (non-hydrogen) atoms. The molecule has 0 saturated heterocycles. The van der Waals surface area contributed by atoms with Gasteiger partial charge >= 0.3 is 0 Å². The lowest BCUT2D eigenvalue weighted by Crippen LogP contribution is -1.83. The van der Waals surface area contributed by atoms with Gasteiger partial charge in [-0.3, -0.25) is 0 Å². The Morgan fingerprint density at radius 3 is 2.10 bits per heavy atom. The molecular formula is C6H2N2OS. The van der Waals surface area contributed by atoms with E-state index in [4.69, 9.17) is 10.5 Å². The van der Waals surface area contributed by atoms with Gasteiger partial charge in [-0.2, -0.15) is 10.5 Å². The molecule has 1 aliphatic rings. The summed E-state index contributed by atoms with van der Waals surface area (Å²) in [6, 6.07) is 3.75. The Labute approximate surface area is 62.2 Å². The highest BCUT2D eigenvalue weighted by Crippen LogP contribution is 2.27. The second-order valence-electron chi connectivity index (χ2n) is 1.43. The highest BCUT2D eigenvalue weighted by Gasteiger charge is 2.06. The van der Waals surface area contributed by atoms with Gasteiger partial charge in [-0.25, -0.2) is 0 Å². The van der Waals surface area contributed by atoms with Gasteiger partial charge in [0.2, 0.25) is 0 Å². The minimum absolute atomic E-state index is 0.402. The molecule has 0 fully saturated rings. The molecule has 48 valence electrons. The predicted octanol–water partition coefficient (Wildman–Crippen LogP) is 1.48. The first-order valence-electron chi connectivity index (χ1n) is 2.40. The molecule has 0 atom stereocenters. The van der Waals surface area contributed by atoms with Gasteiger partial charge in [-0.15, -0.1) is 0 Å². The van der Waals surface area contributed by atoms with Crippen LogP contribution in [0.4, 0.5) is 0 Å². The molecule has 0 unspecified atom stereocenters. The van der Waals surface area contributed by atoms with E-state index < -0.39 is 0 Å². The van der Waals surface area contributed by atoms with Crippen LogP contribution in [0.1, 0.15) is 0 Å². The molecule has 0 spiro atoms. The third-order valence-electron chi connectivity index (χ3n) is 0.790. The van der Waals surface area contributed by atoms with E-state index in [2.05, 4.69) is 4.74 Å². The highest BCUT2D eigenvalue weighted by molar-refractivity contribution is 8.07. The van der Waals surface area contributed by atoms with Gasteiger partial charge in [0.15, 0.2) is 0 Å². The van der Waals surface area contributed by atoms with Crippen molar-refractivity contribution in [1.82, 2.24) is 0 Å². The maximum atomic E-state index is 8.35. The van der Waals surface area contributed by atoms with Crippen molar-refractivity contribution in [2.45, 2.75) is 0 Å². The number of rotatable bonds is 0. The van der Waals surface area contributed by atoms with Gasteiger partial charge in [0, 0.05) is 0 Å². The first-order valence-corrected chi connectivity index (χ1v) is 3.22. The summed E-state index contributed by atoms with van der Waals surface area (Å²) < 4.78 is 4.69. The molecule has 1 rings (SSSR count). The lowest BCUT2D eigenvalue weighted by atomic mass is 10.6. The second kappa shape index (κ2) is 2.95. The number of nitriles is 2. The van der Waals surface area contributed by atoms with Crippen LogP contribution in [0.25, 0.3) is 0 Å². The molecule has 0 N–H and O–H groups in total. The molecule has 4 heteroatoms. The molecule has 0 amide bonds. The zero-order chi connectivity index (χ0) is 7.40. The van der Waals surface area contributed by atoms with Crippen molar-refractivity contribution in [1.29, 1.82) is 10.5 Å². The fourth-order valence-corrected chi connectivity index (χ4v) is 0.958. The number of nitrogens with zero attached hydrogens (tertiary/aromatic N) is 2. The van der Waals surface area contributed by atoms with Crippen molar-refractivity contribution >= 4 is 11.8 Å². The Morgan fingerprint density at radius 1 is 1.20 bits per heavy atom. The van der Waals surface area contributed by atoms with Gasteiger partial charge < -0.3 is 4.74 Å². The van der Waals surface area contributed by atoms with Gasteiger partial charge in [-0.05, 0) is 0 Å². The van der Waals surface area contributed by atoms with Crippen molar-refractivity contribution in [2.24, 2.45) is 0 Å². The standard InChI is InChI=1S/C6H2N2OS/c7-1-5-3-9-4-6(2-8)10-5/h3-4H. The summed E-state index contributed by atoms with van der Waals surface area (Å²) in [5.41, 5.74) is 0. The normalized spacial score (nSPS) is 15.4. The fourth-order valence-electron chi connectivity index (χ4n) is 0.423. The summed E-state index contributed by atoms with van der Waals surface area (Å²) in [5.74, 6) is 0. The van der Waals surface area contributed by atoms with E-state index in [9.17, 15) is 0 Å². The molecule has 3 nitrogen and oxygen atoms in total. The molecule has 0 aromatic carbocycles. The molecule has 0 bridgehead atoms. The fraction of sp³-hybridized carbons (Fsp3) is 0. The first kappa shape index (κ1) is 6.73. The smallest absolute Gasteiger partial charge is 0.126 e. The van der Waals surface area contributed by atoms with E-state index in [0.717, 1.165) is 11.8 Å². The summed E-state index contributed by atoms with van der Waals surface area (Å²) in [6.07, 6.45) is 2.62. The lowest BCUT2D eigenvalue weighted by Gasteiger charge is -2.01. The average Bonchev–Trinajstić information content (AvgIpc) is 2.05. The molecule has 0 aliphatic carbocycles. The summed E-state index contributed by atoms with van der Waals surface area (Å²) >= 11 is 1.11. The van der Waals surface area contributed by atoms with E-state index in [1.807, 2.05) is 12.1 Å². The van der Waals surface area contributed by atoms with Crippen LogP contribution in [-0.4, -0.2) is 0 Å². The Morgan fingerprint density at radius 2 is 1.70 bits per heavy atom. The van der Waals surface area contributed by atoms with Crippen molar-refractivity contribution in [3.05, 3.63) is 22.3 Å². The average molecular weight is 150 g/mol.